The smallest absolute Gasteiger partial charge is 0.323 e. The zero-order chi connectivity index (χ0) is 15.2. The van der Waals surface area contributed by atoms with Gasteiger partial charge in [0.05, 0.1) is 17.7 Å². The second kappa shape index (κ2) is 6.55. The second-order valence-corrected chi connectivity index (χ2v) is 4.57. The summed E-state index contributed by atoms with van der Waals surface area (Å²) in [5.74, 6) is 0. The highest BCUT2D eigenvalue weighted by molar-refractivity contribution is 5.99. The molecule has 0 spiro atoms. The monoisotopic (exact) mass is 281 g/mol. The molecular formula is C16H15N3O2. The van der Waals surface area contributed by atoms with Gasteiger partial charge in [-0.05, 0) is 48.9 Å². The number of amides is 2. The number of nitrogens with one attached hydrogen (secondary N) is 2. The molecule has 0 heterocycles. The molecule has 5 heteroatoms. The minimum atomic E-state index is -0.536. The predicted octanol–water partition coefficient (Wildman–Crippen LogP) is 3.26. The van der Waals surface area contributed by atoms with Gasteiger partial charge in [0.15, 0.2) is 0 Å². The van der Waals surface area contributed by atoms with Crippen LogP contribution in [0.4, 0.5) is 16.2 Å². The van der Waals surface area contributed by atoms with E-state index in [4.69, 9.17) is 5.26 Å². The number of hydrogen-bond donors (Lipinski definition) is 3. The predicted molar refractivity (Wildman–Crippen MR) is 80.9 cm³/mol. The van der Waals surface area contributed by atoms with Gasteiger partial charge < -0.3 is 15.7 Å². The van der Waals surface area contributed by atoms with Crippen LogP contribution in [0.3, 0.4) is 0 Å². The van der Waals surface area contributed by atoms with Crippen molar-refractivity contribution >= 4 is 17.4 Å². The van der Waals surface area contributed by atoms with E-state index in [9.17, 15) is 9.90 Å². The van der Waals surface area contributed by atoms with Crippen LogP contribution in [0.25, 0.3) is 0 Å². The van der Waals surface area contributed by atoms with Crippen LogP contribution in [0.15, 0.2) is 48.5 Å². The van der Waals surface area contributed by atoms with Gasteiger partial charge in [-0.1, -0.05) is 12.1 Å². The highest BCUT2D eigenvalue weighted by Crippen LogP contribution is 2.16. The van der Waals surface area contributed by atoms with Crippen molar-refractivity contribution in [2.75, 3.05) is 10.6 Å². The fourth-order valence-corrected chi connectivity index (χ4v) is 1.77. The van der Waals surface area contributed by atoms with E-state index in [0.29, 0.717) is 16.9 Å². The molecule has 2 aromatic rings. The van der Waals surface area contributed by atoms with Gasteiger partial charge in [-0.2, -0.15) is 5.26 Å². The van der Waals surface area contributed by atoms with Gasteiger partial charge in [0.1, 0.15) is 0 Å². The minimum absolute atomic E-state index is 0.371. The maximum absolute atomic E-state index is 11.8. The molecule has 1 atom stereocenters. The van der Waals surface area contributed by atoms with Crippen molar-refractivity contribution < 1.29 is 9.90 Å². The highest BCUT2D eigenvalue weighted by Gasteiger charge is 2.04. The number of hydrogen-bond acceptors (Lipinski definition) is 3. The standard InChI is InChI=1S/C16H15N3O2/c1-11(20)13-4-8-15(9-5-13)19-16(21)18-14-6-2-12(10-17)3-7-14/h2-9,11,20H,1H3,(H2,18,19,21). The van der Waals surface area contributed by atoms with Crippen LogP contribution in [-0.2, 0) is 0 Å². The number of rotatable bonds is 3. The number of nitriles is 1. The molecule has 2 rings (SSSR count). The third-order valence-electron chi connectivity index (χ3n) is 2.92. The Balaban J connectivity index is 1.96. The third kappa shape index (κ3) is 4.06. The highest BCUT2D eigenvalue weighted by atomic mass is 16.3. The molecule has 0 aromatic heterocycles. The molecule has 0 aliphatic heterocycles. The van der Waals surface area contributed by atoms with Crippen LogP contribution in [0, 0.1) is 11.3 Å². The molecule has 0 saturated carbocycles. The number of carbonyl (C=O) groups excluding carboxylic acids is 1. The number of urea groups is 1. The Morgan fingerprint density at radius 3 is 1.95 bits per heavy atom. The Labute approximate surface area is 122 Å². The van der Waals surface area contributed by atoms with Crippen molar-refractivity contribution in [3.8, 4) is 6.07 Å². The zero-order valence-electron chi connectivity index (χ0n) is 11.5. The SMILES string of the molecule is CC(O)c1ccc(NC(=O)Nc2ccc(C#N)cc2)cc1. The molecule has 0 aliphatic rings. The van der Waals surface area contributed by atoms with E-state index in [2.05, 4.69) is 10.6 Å². The van der Waals surface area contributed by atoms with Gasteiger partial charge in [-0.3, -0.25) is 0 Å². The summed E-state index contributed by atoms with van der Waals surface area (Å²) >= 11 is 0. The summed E-state index contributed by atoms with van der Waals surface area (Å²) in [7, 11) is 0. The Morgan fingerprint density at radius 2 is 1.52 bits per heavy atom. The van der Waals surface area contributed by atoms with E-state index in [-0.39, 0.29) is 6.03 Å². The topological polar surface area (TPSA) is 85.2 Å². The summed E-state index contributed by atoms with van der Waals surface area (Å²) in [6.45, 7) is 1.68. The lowest BCUT2D eigenvalue weighted by molar-refractivity contribution is 0.199. The molecule has 106 valence electrons. The third-order valence-corrected chi connectivity index (χ3v) is 2.92. The number of carbonyl (C=O) groups is 1. The van der Waals surface area contributed by atoms with Crippen molar-refractivity contribution in [1.29, 1.82) is 5.26 Å². The molecule has 1 unspecified atom stereocenters. The Hall–Kier alpha value is -2.84. The van der Waals surface area contributed by atoms with Crippen LogP contribution >= 0.6 is 0 Å². The Bertz CT molecular complexity index is 655. The van der Waals surface area contributed by atoms with Crippen molar-refractivity contribution in [3.05, 3.63) is 59.7 Å². The van der Waals surface area contributed by atoms with Crippen LogP contribution in [-0.4, -0.2) is 11.1 Å². The number of anilines is 2. The average molecular weight is 281 g/mol. The maximum Gasteiger partial charge on any atom is 0.323 e. The number of aliphatic hydroxyl groups excluding tert-OH is 1. The minimum Gasteiger partial charge on any atom is -0.389 e. The van der Waals surface area contributed by atoms with Crippen molar-refractivity contribution in [2.45, 2.75) is 13.0 Å². The van der Waals surface area contributed by atoms with Gasteiger partial charge in [0.25, 0.3) is 0 Å². The van der Waals surface area contributed by atoms with E-state index in [1.165, 1.54) is 0 Å². The van der Waals surface area contributed by atoms with Crippen molar-refractivity contribution in [3.63, 3.8) is 0 Å². The summed E-state index contributed by atoms with van der Waals surface area (Å²) in [4.78, 5) is 11.8. The molecule has 2 aromatic carbocycles. The largest absolute Gasteiger partial charge is 0.389 e. The average Bonchev–Trinajstić information content (AvgIpc) is 2.48. The molecule has 3 N–H and O–H groups in total. The Morgan fingerprint density at radius 1 is 1.05 bits per heavy atom. The lowest BCUT2D eigenvalue weighted by Gasteiger charge is -2.09. The van der Waals surface area contributed by atoms with Gasteiger partial charge in [0, 0.05) is 11.4 Å². The van der Waals surface area contributed by atoms with Crippen LogP contribution in [0.5, 0.6) is 0 Å². The molecule has 21 heavy (non-hydrogen) atoms. The summed E-state index contributed by atoms with van der Waals surface area (Å²) in [5.41, 5.74) is 2.56. The number of nitrogens with zero attached hydrogens (tertiary/aromatic N) is 1. The van der Waals surface area contributed by atoms with Gasteiger partial charge in [0.2, 0.25) is 0 Å². The van der Waals surface area contributed by atoms with Crippen LogP contribution in [0.2, 0.25) is 0 Å². The van der Waals surface area contributed by atoms with Crippen molar-refractivity contribution in [1.82, 2.24) is 0 Å². The van der Waals surface area contributed by atoms with Crippen molar-refractivity contribution in [2.24, 2.45) is 0 Å². The summed E-state index contributed by atoms with van der Waals surface area (Å²) < 4.78 is 0. The van der Waals surface area contributed by atoms with E-state index in [0.717, 1.165) is 5.56 Å². The Kier molecular flexibility index (Phi) is 4.54. The summed E-state index contributed by atoms with van der Waals surface area (Å²) in [5, 5.41) is 23.5. The first kappa shape index (κ1) is 14.6. The zero-order valence-corrected chi connectivity index (χ0v) is 11.5. The van der Waals surface area contributed by atoms with Gasteiger partial charge >= 0.3 is 6.03 Å². The van der Waals surface area contributed by atoms with Crippen LogP contribution < -0.4 is 10.6 Å². The molecule has 2 amide bonds. The van der Waals surface area contributed by atoms with E-state index in [1.54, 1.807) is 55.5 Å². The molecule has 0 bridgehead atoms. The molecule has 0 saturated heterocycles. The first-order chi connectivity index (χ1) is 10.1. The molecule has 5 nitrogen and oxygen atoms in total. The normalized spacial score (nSPS) is 11.3. The molecule has 0 aliphatic carbocycles. The lowest BCUT2D eigenvalue weighted by atomic mass is 10.1. The fraction of sp³-hybridized carbons (Fsp3) is 0.125. The summed E-state index contributed by atoms with van der Waals surface area (Å²) in [6, 6.07) is 15.2. The quantitative estimate of drug-likeness (QED) is 0.807. The second-order valence-electron chi connectivity index (χ2n) is 4.57. The van der Waals surface area contributed by atoms with Gasteiger partial charge in [-0.25, -0.2) is 4.79 Å². The first-order valence-electron chi connectivity index (χ1n) is 6.44. The summed E-state index contributed by atoms with van der Waals surface area (Å²) in [6.07, 6.45) is -0.536. The van der Waals surface area contributed by atoms with E-state index >= 15 is 0 Å². The fourth-order valence-electron chi connectivity index (χ4n) is 1.77. The molecular weight excluding hydrogens is 266 g/mol. The van der Waals surface area contributed by atoms with Gasteiger partial charge in [-0.15, -0.1) is 0 Å². The van der Waals surface area contributed by atoms with Crippen LogP contribution in [0.1, 0.15) is 24.2 Å². The number of benzene rings is 2. The lowest BCUT2D eigenvalue weighted by Crippen LogP contribution is -2.19. The number of aliphatic hydroxyl groups is 1. The maximum atomic E-state index is 11.8. The molecule has 0 radical (unpaired) electrons. The molecule has 0 fully saturated rings. The van der Waals surface area contributed by atoms with E-state index in [1.807, 2.05) is 6.07 Å². The first-order valence-corrected chi connectivity index (χ1v) is 6.44. The van der Waals surface area contributed by atoms with E-state index < -0.39 is 6.10 Å².